The molecule has 21 heavy (non-hydrogen) atoms. The summed E-state index contributed by atoms with van der Waals surface area (Å²) in [5.74, 6) is -0.422. The molecule has 3 nitrogen and oxygen atoms in total. The van der Waals surface area contributed by atoms with Crippen LogP contribution in [0.2, 0.25) is 5.02 Å². The second-order valence-electron chi connectivity index (χ2n) is 4.22. The first kappa shape index (κ1) is 14.3. The number of halogens is 1. The summed E-state index contributed by atoms with van der Waals surface area (Å²) in [6.45, 7) is 0.186. The molecular weight excluding hydrogens is 326 g/mol. The van der Waals surface area contributed by atoms with Crippen LogP contribution in [0.5, 0.6) is 0 Å². The monoisotopic (exact) mass is 335 g/mol. The zero-order chi connectivity index (χ0) is 14.7. The number of rotatable bonds is 4. The maximum atomic E-state index is 12.0. The lowest BCUT2D eigenvalue weighted by molar-refractivity contribution is 0.0467. The standard InChI is InChI=1S/C15H10ClNO2S2/c16-11-4-1-3-10(7-11)8-19-15(18)12-9-21-14(17-12)13-5-2-6-20-13/h1-7,9H,8H2. The fraction of sp³-hybridized carbons (Fsp3) is 0.0667. The zero-order valence-corrected chi connectivity index (χ0v) is 13.2. The van der Waals surface area contributed by atoms with Gasteiger partial charge in [-0.3, -0.25) is 0 Å². The van der Waals surface area contributed by atoms with Crippen LogP contribution in [-0.2, 0) is 11.3 Å². The Balaban J connectivity index is 1.66. The number of esters is 1. The molecule has 0 unspecified atom stereocenters. The molecule has 0 spiro atoms. The summed E-state index contributed by atoms with van der Waals surface area (Å²) in [5.41, 5.74) is 1.19. The summed E-state index contributed by atoms with van der Waals surface area (Å²) in [5, 5.41) is 5.15. The minimum atomic E-state index is -0.422. The fourth-order valence-electron chi connectivity index (χ4n) is 1.73. The number of carbonyl (C=O) groups is 1. The maximum absolute atomic E-state index is 12.0. The van der Waals surface area contributed by atoms with E-state index in [9.17, 15) is 4.79 Å². The van der Waals surface area contributed by atoms with Gasteiger partial charge in [0.25, 0.3) is 0 Å². The number of thiazole rings is 1. The van der Waals surface area contributed by atoms with Crippen molar-refractivity contribution in [1.29, 1.82) is 0 Å². The van der Waals surface area contributed by atoms with Crippen LogP contribution in [0, 0.1) is 0 Å². The minimum Gasteiger partial charge on any atom is -0.456 e. The summed E-state index contributed by atoms with van der Waals surface area (Å²) in [6, 6.07) is 11.2. The first-order valence-corrected chi connectivity index (χ1v) is 8.27. The van der Waals surface area contributed by atoms with Crippen LogP contribution in [0.3, 0.4) is 0 Å². The van der Waals surface area contributed by atoms with E-state index < -0.39 is 5.97 Å². The molecule has 0 N–H and O–H groups in total. The normalized spacial score (nSPS) is 10.5. The molecule has 0 fully saturated rings. The molecule has 0 atom stereocenters. The van der Waals surface area contributed by atoms with Crippen molar-refractivity contribution in [1.82, 2.24) is 4.98 Å². The highest BCUT2D eigenvalue weighted by atomic mass is 35.5. The van der Waals surface area contributed by atoms with E-state index in [1.54, 1.807) is 28.8 Å². The quantitative estimate of drug-likeness (QED) is 0.638. The minimum absolute atomic E-state index is 0.186. The van der Waals surface area contributed by atoms with E-state index in [2.05, 4.69) is 4.98 Å². The van der Waals surface area contributed by atoms with Crippen LogP contribution in [0.1, 0.15) is 16.1 Å². The lowest BCUT2D eigenvalue weighted by Crippen LogP contribution is -2.05. The highest BCUT2D eigenvalue weighted by molar-refractivity contribution is 7.20. The SMILES string of the molecule is O=C(OCc1cccc(Cl)c1)c1csc(-c2cccs2)n1. The predicted octanol–water partition coefficient (Wildman–Crippen LogP) is 4.88. The van der Waals surface area contributed by atoms with Gasteiger partial charge in [-0.05, 0) is 29.1 Å². The van der Waals surface area contributed by atoms with E-state index in [-0.39, 0.29) is 6.61 Å². The van der Waals surface area contributed by atoms with Gasteiger partial charge in [0.2, 0.25) is 0 Å². The maximum Gasteiger partial charge on any atom is 0.358 e. The molecule has 0 aliphatic heterocycles. The third-order valence-electron chi connectivity index (χ3n) is 2.70. The van der Waals surface area contributed by atoms with E-state index in [1.807, 2.05) is 29.6 Å². The Kier molecular flexibility index (Phi) is 4.34. The Morgan fingerprint density at radius 2 is 2.14 bits per heavy atom. The third kappa shape index (κ3) is 3.50. The second-order valence-corrected chi connectivity index (χ2v) is 6.46. The zero-order valence-electron chi connectivity index (χ0n) is 10.8. The summed E-state index contributed by atoms with van der Waals surface area (Å²) in [7, 11) is 0. The van der Waals surface area contributed by atoms with Gasteiger partial charge in [-0.15, -0.1) is 22.7 Å². The molecule has 6 heteroatoms. The van der Waals surface area contributed by atoms with Crippen LogP contribution in [-0.4, -0.2) is 11.0 Å². The van der Waals surface area contributed by atoms with Crippen LogP contribution in [0.15, 0.2) is 47.2 Å². The van der Waals surface area contributed by atoms with Crippen LogP contribution in [0.4, 0.5) is 0 Å². The first-order valence-electron chi connectivity index (χ1n) is 6.13. The van der Waals surface area contributed by atoms with Crippen molar-refractivity contribution in [3.05, 3.63) is 63.4 Å². The summed E-state index contributed by atoms with van der Waals surface area (Å²) >= 11 is 8.92. The molecule has 2 heterocycles. The second kappa shape index (κ2) is 6.39. The Bertz CT molecular complexity index is 753. The van der Waals surface area contributed by atoms with Gasteiger partial charge in [-0.1, -0.05) is 29.8 Å². The lowest BCUT2D eigenvalue weighted by Gasteiger charge is -2.03. The number of benzene rings is 1. The van der Waals surface area contributed by atoms with Crippen molar-refractivity contribution in [2.75, 3.05) is 0 Å². The molecular formula is C15H10ClNO2S2. The molecule has 3 aromatic rings. The Labute approximate surface area is 134 Å². The van der Waals surface area contributed by atoms with Crippen LogP contribution < -0.4 is 0 Å². The van der Waals surface area contributed by atoms with Crippen LogP contribution in [0.25, 0.3) is 9.88 Å². The average Bonchev–Trinajstić information content (AvgIpc) is 3.15. The first-order chi connectivity index (χ1) is 10.2. The number of carbonyl (C=O) groups excluding carboxylic acids is 1. The van der Waals surface area contributed by atoms with E-state index in [1.165, 1.54) is 11.3 Å². The molecule has 106 valence electrons. The molecule has 3 rings (SSSR count). The lowest BCUT2D eigenvalue weighted by atomic mass is 10.2. The molecule has 0 amide bonds. The van der Waals surface area contributed by atoms with Crippen LogP contribution >= 0.6 is 34.3 Å². The summed E-state index contributed by atoms with van der Waals surface area (Å²) < 4.78 is 5.25. The average molecular weight is 336 g/mol. The van der Waals surface area contributed by atoms with Crippen molar-refractivity contribution in [3.63, 3.8) is 0 Å². The highest BCUT2D eigenvalue weighted by Crippen LogP contribution is 2.28. The number of thiophene rings is 1. The van der Waals surface area contributed by atoms with Gasteiger partial charge >= 0.3 is 5.97 Å². The summed E-state index contributed by atoms with van der Waals surface area (Å²) in [6.07, 6.45) is 0. The van der Waals surface area contributed by atoms with Crippen molar-refractivity contribution in [2.45, 2.75) is 6.61 Å². The van der Waals surface area contributed by atoms with Crippen molar-refractivity contribution < 1.29 is 9.53 Å². The molecule has 0 radical (unpaired) electrons. The van der Waals surface area contributed by atoms with Gasteiger partial charge in [0.15, 0.2) is 5.69 Å². The molecule has 1 aromatic carbocycles. The van der Waals surface area contributed by atoms with E-state index >= 15 is 0 Å². The Morgan fingerprint density at radius 3 is 2.90 bits per heavy atom. The Morgan fingerprint density at radius 1 is 1.24 bits per heavy atom. The van der Waals surface area contributed by atoms with E-state index in [0.717, 1.165) is 15.4 Å². The molecule has 0 bridgehead atoms. The van der Waals surface area contributed by atoms with Gasteiger partial charge in [0.05, 0.1) is 4.88 Å². The largest absolute Gasteiger partial charge is 0.456 e. The molecule has 0 aliphatic rings. The molecule has 2 aromatic heterocycles. The highest BCUT2D eigenvalue weighted by Gasteiger charge is 2.13. The topological polar surface area (TPSA) is 39.2 Å². The number of hydrogen-bond acceptors (Lipinski definition) is 5. The van der Waals surface area contributed by atoms with Gasteiger partial charge in [-0.2, -0.15) is 0 Å². The Hall–Kier alpha value is -1.69. The predicted molar refractivity (Wildman–Crippen MR) is 86.0 cm³/mol. The third-order valence-corrected chi connectivity index (χ3v) is 4.82. The van der Waals surface area contributed by atoms with Crippen molar-refractivity contribution in [3.8, 4) is 9.88 Å². The smallest absolute Gasteiger partial charge is 0.358 e. The van der Waals surface area contributed by atoms with Gasteiger partial charge in [-0.25, -0.2) is 9.78 Å². The number of aromatic nitrogens is 1. The molecule has 0 saturated heterocycles. The number of ether oxygens (including phenoxy) is 1. The van der Waals surface area contributed by atoms with Gasteiger partial charge < -0.3 is 4.74 Å². The molecule has 0 saturated carbocycles. The molecule has 0 aliphatic carbocycles. The van der Waals surface area contributed by atoms with E-state index in [4.69, 9.17) is 16.3 Å². The van der Waals surface area contributed by atoms with Crippen molar-refractivity contribution >= 4 is 40.2 Å². The van der Waals surface area contributed by atoms with Gasteiger partial charge in [0, 0.05) is 10.4 Å². The van der Waals surface area contributed by atoms with Crippen molar-refractivity contribution in [2.24, 2.45) is 0 Å². The summed E-state index contributed by atoms with van der Waals surface area (Å²) in [4.78, 5) is 17.3. The van der Waals surface area contributed by atoms with E-state index in [0.29, 0.717) is 10.7 Å². The number of nitrogens with zero attached hydrogens (tertiary/aromatic N) is 1. The fourth-order valence-corrected chi connectivity index (χ4v) is 3.55. The van der Waals surface area contributed by atoms with Gasteiger partial charge in [0.1, 0.15) is 11.6 Å². The number of hydrogen-bond donors (Lipinski definition) is 0.